The Hall–Kier alpha value is -1.63. The van der Waals surface area contributed by atoms with Gasteiger partial charge in [-0.2, -0.15) is 5.10 Å². The van der Waals surface area contributed by atoms with Crippen LogP contribution in [-0.2, 0) is 7.05 Å². The third-order valence-electron chi connectivity index (χ3n) is 3.39. The molecule has 3 N–H and O–H groups in total. The molecule has 0 atom stereocenters. The first-order chi connectivity index (χ1) is 8.34. The maximum Gasteiger partial charge on any atom is 0.333 e. The number of anilines is 1. The smallest absolute Gasteiger partial charge is 0.333 e. The maximum absolute atomic E-state index is 11.0. The normalized spacial score (nSPS) is 11.6. The van der Waals surface area contributed by atoms with Gasteiger partial charge in [0.25, 0.3) is 0 Å². The van der Waals surface area contributed by atoms with Gasteiger partial charge in [-0.15, -0.1) is 0 Å². The van der Waals surface area contributed by atoms with Crippen LogP contribution < -0.4 is 11.1 Å². The maximum atomic E-state index is 11.0. The van der Waals surface area contributed by atoms with Gasteiger partial charge in [0.05, 0.1) is 4.92 Å². The number of nitrogens with zero attached hydrogens (tertiary/aromatic N) is 3. The monoisotopic (exact) mass is 255 g/mol. The van der Waals surface area contributed by atoms with Gasteiger partial charge in [-0.25, -0.2) is 4.68 Å². The predicted molar refractivity (Wildman–Crippen MR) is 70.6 cm³/mol. The van der Waals surface area contributed by atoms with Crippen LogP contribution in [0.2, 0.25) is 0 Å². The van der Waals surface area contributed by atoms with Crippen molar-refractivity contribution in [2.24, 2.45) is 12.8 Å². The van der Waals surface area contributed by atoms with Crippen LogP contribution in [0.3, 0.4) is 0 Å². The summed E-state index contributed by atoms with van der Waals surface area (Å²) in [6, 6.07) is 0. The average molecular weight is 255 g/mol. The number of hydrogen-bond acceptors (Lipinski definition) is 5. The zero-order valence-electron chi connectivity index (χ0n) is 11.4. The first-order valence-electron chi connectivity index (χ1n) is 6.05. The minimum atomic E-state index is -0.416. The van der Waals surface area contributed by atoms with E-state index < -0.39 is 4.92 Å². The van der Waals surface area contributed by atoms with Gasteiger partial charge in [0.1, 0.15) is 5.69 Å². The van der Waals surface area contributed by atoms with Crippen LogP contribution in [0, 0.1) is 17.0 Å². The van der Waals surface area contributed by atoms with Gasteiger partial charge in [0, 0.05) is 19.1 Å². The Morgan fingerprint density at radius 1 is 1.50 bits per heavy atom. The Balaban J connectivity index is 2.95. The van der Waals surface area contributed by atoms with Crippen molar-refractivity contribution in [2.75, 3.05) is 11.9 Å². The largest absolute Gasteiger partial charge is 0.363 e. The molecule has 0 aliphatic rings. The molecule has 102 valence electrons. The summed E-state index contributed by atoms with van der Waals surface area (Å²) in [5.41, 5.74) is 6.23. The summed E-state index contributed by atoms with van der Waals surface area (Å²) in [6.07, 6.45) is 1.61. The van der Waals surface area contributed by atoms with Gasteiger partial charge < -0.3 is 11.1 Å². The number of rotatable bonds is 6. The Morgan fingerprint density at radius 2 is 2.06 bits per heavy atom. The molecule has 0 aliphatic carbocycles. The Labute approximate surface area is 107 Å². The second-order valence-corrected chi connectivity index (χ2v) is 4.59. The van der Waals surface area contributed by atoms with Crippen molar-refractivity contribution in [3.8, 4) is 0 Å². The minimum Gasteiger partial charge on any atom is -0.363 e. The molecule has 0 radical (unpaired) electrons. The SMILES string of the molecule is CCC(N)(CC)CNc1c([N+](=O)[O-])c(C)nn1C. The number of nitrogens with two attached hydrogens (primary N) is 1. The van der Waals surface area contributed by atoms with E-state index in [1.165, 1.54) is 4.68 Å². The molecule has 1 aromatic heterocycles. The molecule has 7 heteroatoms. The Morgan fingerprint density at radius 3 is 2.50 bits per heavy atom. The molecule has 0 unspecified atom stereocenters. The van der Waals surface area contributed by atoms with Crippen LogP contribution in [0.15, 0.2) is 0 Å². The number of nitro groups is 1. The van der Waals surface area contributed by atoms with Crippen LogP contribution in [0.1, 0.15) is 32.4 Å². The van der Waals surface area contributed by atoms with Gasteiger partial charge in [-0.05, 0) is 19.8 Å². The van der Waals surface area contributed by atoms with Crippen LogP contribution in [-0.4, -0.2) is 26.8 Å². The molecule has 0 aromatic carbocycles. The summed E-state index contributed by atoms with van der Waals surface area (Å²) in [5.74, 6) is 0.411. The molecule has 1 rings (SSSR count). The van der Waals surface area contributed by atoms with Crippen LogP contribution in [0.5, 0.6) is 0 Å². The third-order valence-corrected chi connectivity index (χ3v) is 3.39. The highest BCUT2D eigenvalue weighted by Gasteiger charge is 2.26. The fraction of sp³-hybridized carbons (Fsp3) is 0.727. The lowest BCUT2D eigenvalue weighted by molar-refractivity contribution is -0.384. The fourth-order valence-corrected chi connectivity index (χ4v) is 1.82. The van der Waals surface area contributed by atoms with Gasteiger partial charge >= 0.3 is 5.69 Å². The van der Waals surface area contributed by atoms with Crippen molar-refractivity contribution in [3.63, 3.8) is 0 Å². The highest BCUT2D eigenvalue weighted by Crippen LogP contribution is 2.27. The Kier molecular flexibility index (Phi) is 4.28. The molecule has 1 aromatic rings. The van der Waals surface area contributed by atoms with E-state index in [1.54, 1.807) is 14.0 Å². The van der Waals surface area contributed by atoms with E-state index in [2.05, 4.69) is 10.4 Å². The van der Waals surface area contributed by atoms with Crippen LogP contribution >= 0.6 is 0 Å². The van der Waals surface area contributed by atoms with Crippen molar-refractivity contribution in [2.45, 2.75) is 39.2 Å². The summed E-state index contributed by atoms with van der Waals surface area (Å²) in [4.78, 5) is 10.6. The molecule has 0 aliphatic heterocycles. The molecule has 18 heavy (non-hydrogen) atoms. The molecule has 0 amide bonds. The molecule has 7 nitrogen and oxygen atoms in total. The van der Waals surface area contributed by atoms with Crippen molar-refractivity contribution < 1.29 is 4.92 Å². The highest BCUT2D eigenvalue weighted by molar-refractivity contribution is 5.59. The molecule has 0 bridgehead atoms. The van der Waals surface area contributed by atoms with E-state index in [1.807, 2.05) is 13.8 Å². The molecule has 0 spiro atoms. The molecule has 1 heterocycles. The standard InChI is InChI=1S/C11H21N5O2/c1-5-11(12,6-2)7-13-10-9(16(17)18)8(3)14-15(10)4/h13H,5-7,12H2,1-4H3. The Bertz CT molecular complexity index is 437. The zero-order valence-corrected chi connectivity index (χ0v) is 11.4. The summed E-state index contributed by atoms with van der Waals surface area (Å²) >= 11 is 0. The van der Waals surface area contributed by atoms with Gasteiger partial charge in [-0.3, -0.25) is 10.1 Å². The van der Waals surface area contributed by atoms with Crippen molar-refractivity contribution >= 4 is 11.5 Å². The highest BCUT2D eigenvalue weighted by atomic mass is 16.6. The second kappa shape index (κ2) is 5.34. The van der Waals surface area contributed by atoms with Crippen LogP contribution in [0.4, 0.5) is 11.5 Å². The average Bonchev–Trinajstić information content (AvgIpc) is 2.61. The molecular weight excluding hydrogens is 234 g/mol. The third kappa shape index (κ3) is 2.79. The summed E-state index contributed by atoms with van der Waals surface area (Å²) < 4.78 is 1.49. The fourth-order valence-electron chi connectivity index (χ4n) is 1.82. The second-order valence-electron chi connectivity index (χ2n) is 4.59. The lowest BCUT2D eigenvalue weighted by Crippen LogP contribution is -2.45. The summed E-state index contributed by atoms with van der Waals surface area (Å²) in [6.45, 7) is 6.13. The molecule has 0 saturated carbocycles. The summed E-state index contributed by atoms with van der Waals surface area (Å²) in [5, 5.41) is 18.1. The lowest BCUT2D eigenvalue weighted by Gasteiger charge is -2.27. The van der Waals surface area contributed by atoms with Crippen molar-refractivity contribution in [1.29, 1.82) is 0 Å². The zero-order chi connectivity index (χ0) is 13.9. The van der Waals surface area contributed by atoms with E-state index in [0.29, 0.717) is 18.1 Å². The van der Waals surface area contributed by atoms with Crippen LogP contribution in [0.25, 0.3) is 0 Å². The molecule has 0 saturated heterocycles. The number of aryl methyl sites for hydroxylation is 2. The van der Waals surface area contributed by atoms with E-state index >= 15 is 0 Å². The van der Waals surface area contributed by atoms with E-state index in [0.717, 1.165) is 12.8 Å². The van der Waals surface area contributed by atoms with E-state index in [9.17, 15) is 10.1 Å². The van der Waals surface area contributed by atoms with Gasteiger partial charge in [-0.1, -0.05) is 13.8 Å². The predicted octanol–water partition coefficient (Wildman–Crippen LogP) is 1.57. The van der Waals surface area contributed by atoms with Gasteiger partial charge in [0.15, 0.2) is 0 Å². The van der Waals surface area contributed by atoms with E-state index in [4.69, 9.17) is 5.73 Å². The minimum absolute atomic E-state index is 0.0204. The number of aromatic nitrogens is 2. The first kappa shape index (κ1) is 14.4. The van der Waals surface area contributed by atoms with Crippen molar-refractivity contribution in [1.82, 2.24) is 9.78 Å². The summed E-state index contributed by atoms with van der Waals surface area (Å²) in [7, 11) is 1.68. The van der Waals surface area contributed by atoms with Gasteiger partial charge in [0.2, 0.25) is 5.82 Å². The first-order valence-corrected chi connectivity index (χ1v) is 6.05. The molecule has 0 fully saturated rings. The molecular formula is C11H21N5O2. The quantitative estimate of drug-likeness (QED) is 0.593. The lowest BCUT2D eigenvalue weighted by atomic mass is 9.94. The number of nitrogens with one attached hydrogen (secondary N) is 1. The van der Waals surface area contributed by atoms with E-state index in [-0.39, 0.29) is 11.2 Å². The topological polar surface area (TPSA) is 99.0 Å². The number of hydrogen-bond donors (Lipinski definition) is 2. The van der Waals surface area contributed by atoms with Crippen molar-refractivity contribution in [3.05, 3.63) is 15.8 Å².